The number of ether oxygens (including phenoxy) is 3. The van der Waals surface area contributed by atoms with Gasteiger partial charge in [-0.15, -0.1) is 0 Å². The van der Waals surface area contributed by atoms with Gasteiger partial charge in [0.25, 0.3) is 0 Å². The first kappa shape index (κ1) is 22.3. The second-order valence-corrected chi connectivity index (χ2v) is 9.33. The molecule has 1 aliphatic rings. The number of nitrogens with zero attached hydrogens (tertiary/aromatic N) is 1. The van der Waals surface area contributed by atoms with Crippen LogP contribution in [0.4, 0.5) is 4.39 Å². The van der Waals surface area contributed by atoms with Crippen LogP contribution in [0.2, 0.25) is 0 Å². The fourth-order valence-electron chi connectivity index (χ4n) is 3.56. The molecule has 1 atom stereocenters. The molecular formula is C24H24FNO5S. The largest absolute Gasteiger partial charge is 0.497 e. The lowest BCUT2D eigenvalue weighted by atomic mass is 10.2. The third-order valence-corrected chi connectivity index (χ3v) is 7.03. The first-order valence-corrected chi connectivity index (χ1v) is 11.6. The monoisotopic (exact) mass is 457 g/mol. The van der Waals surface area contributed by atoms with E-state index in [1.165, 1.54) is 16.4 Å². The highest BCUT2D eigenvalue weighted by Crippen LogP contribution is 2.34. The molecule has 0 bridgehead atoms. The normalized spacial score (nSPS) is 17.8. The third-order valence-electron chi connectivity index (χ3n) is 5.16. The number of sulfonamides is 1. The van der Waals surface area contributed by atoms with Crippen molar-refractivity contribution in [3.63, 3.8) is 0 Å². The van der Waals surface area contributed by atoms with E-state index in [0.29, 0.717) is 12.4 Å². The van der Waals surface area contributed by atoms with Crippen molar-refractivity contribution in [3.05, 3.63) is 89.7 Å². The van der Waals surface area contributed by atoms with Gasteiger partial charge in [-0.2, -0.15) is 4.31 Å². The molecule has 1 aliphatic heterocycles. The van der Waals surface area contributed by atoms with Crippen LogP contribution in [-0.4, -0.2) is 39.1 Å². The Morgan fingerprint density at radius 3 is 2.47 bits per heavy atom. The zero-order chi connectivity index (χ0) is 22.6. The van der Waals surface area contributed by atoms with E-state index in [1.54, 1.807) is 31.4 Å². The molecule has 1 heterocycles. The molecule has 0 saturated heterocycles. The van der Waals surface area contributed by atoms with Crippen molar-refractivity contribution in [2.75, 3.05) is 20.3 Å². The molecule has 0 amide bonds. The maximum atomic E-state index is 14.6. The Hall–Kier alpha value is -2.94. The topological polar surface area (TPSA) is 65.1 Å². The highest BCUT2D eigenvalue weighted by Gasteiger charge is 2.37. The summed E-state index contributed by atoms with van der Waals surface area (Å²) in [5.41, 5.74) is 1.74. The number of fused-ring (bicyclic) bond motifs is 1. The Bertz CT molecular complexity index is 1150. The van der Waals surface area contributed by atoms with E-state index in [-0.39, 0.29) is 25.4 Å². The number of hydrogen-bond acceptors (Lipinski definition) is 5. The van der Waals surface area contributed by atoms with Gasteiger partial charge in [0.1, 0.15) is 23.4 Å². The summed E-state index contributed by atoms with van der Waals surface area (Å²) >= 11 is 0. The SMILES string of the molecule is COc1ccc(CN2C[C@H](COCc3ccccc3)Oc3cccc(F)c3S2(=O)=O)cc1. The van der Waals surface area contributed by atoms with Crippen LogP contribution in [0.25, 0.3) is 0 Å². The molecule has 4 rings (SSSR count). The van der Waals surface area contributed by atoms with Crippen LogP contribution in [0, 0.1) is 5.82 Å². The lowest BCUT2D eigenvalue weighted by Gasteiger charge is -2.23. The molecule has 3 aromatic carbocycles. The molecule has 0 spiro atoms. The van der Waals surface area contributed by atoms with Crippen LogP contribution in [-0.2, 0) is 27.9 Å². The maximum Gasteiger partial charge on any atom is 0.250 e. The van der Waals surface area contributed by atoms with Crippen LogP contribution in [0.1, 0.15) is 11.1 Å². The zero-order valence-electron chi connectivity index (χ0n) is 17.6. The minimum absolute atomic E-state index is 0.00413. The average molecular weight is 458 g/mol. The molecule has 8 heteroatoms. The fourth-order valence-corrected chi connectivity index (χ4v) is 5.18. The molecule has 0 saturated carbocycles. The molecule has 32 heavy (non-hydrogen) atoms. The van der Waals surface area contributed by atoms with E-state index >= 15 is 0 Å². The van der Waals surface area contributed by atoms with Crippen molar-refractivity contribution in [3.8, 4) is 11.5 Å². The quantitative estimate of drug-likeness (QED) is 0.537. The van der Waals surface area contributed by atoms with E-state index in [4.69, 9.17) is 14.2 Å². The van der Waals surface area contributed by atoms with E-state index in [9.17, 15) is 12.8 Å². The maximum absolute atomic E-state index is 14.6. The smallest absolute Gasteiger partial charge is 0.250 e. The minimum atomic E-state index is -4.13. The average Bonchev–Trinajstić information content (AvgIpc) is 2.89. The van der Waals surface area contributed by atoms with Gasteiger partial charge in [0.2, 0.25) is 10.0 Å². The minimum Gasteiger partial charge on any atom is -0.497 e. The molecule has 0 aromatic heterocycles. The van der Waals surface area contributed by atoms with Gasteiger partial charge in [0.05, 0.1) is 26.9 Å². The van der Waals surface area contributed by atoms with Crippen LogP contribution in [0.3, 0.4) is 0 Å². The summed E-state index contributed by atoms with van der Waals surface area (Å²) in [5, 5.41) is 0. The van der Waals surface area contributed by atoms with E-state index in [2.05, 4.69) is 0 Å². The Morgan fingerprint density at radius 1 is 1.00 bits per heavy atom. The summed E-state index contributed by atoms with van der Waals surface area (Å²) in [5.74, 6) is -0.178. The highest BCUT2D eigenvalue weighted by molar-refractivity contribution is 7.89. The summed E-state index contributed by atoms with van der Waals surface area (Å²) in [7, 11) is -2.57. The van der Waals surface area contributed by atoms with Gasteiger partial charge in [0.15, 0.2) is 4.90 Å². The second-order valence-electron chi connectivity index (χ2n) is 7.45. The zero-order valence-corrected chi connectivity index (χ0v) is 18.4. The van der Waals surface area contributed by atoms with E-state index < -0.39 is 26.8 Å². The first-order chi connectivity index (χ1) is 15.5. The summed E-state index contributed by atoms with van der Waals surface area (Å²) in [4.78, 5) is -0.445. The Kier molecular flexibility index (Phi) is 6.74. The fraction of sp³-hybridized carbons (Fsp3) is 0.250. The summed E-state index contributed by atoms with van der Waals surface area (Å²) in [6, 6.07) is 20.7. The second kappa shape index (κ2) is 9.68. The molecule has 0 N–H and O–H groups in total. The summed E-state index contributed by atoms with van der Waals surface area (Å²) in [6.07, 6.45) is -0.602. The highest BCUT2D eigenvalue weighted by atomic mass is 32.2. The van der Waals surface area contributed by atoms with Crippen LogP contribution >= 0.6 is 0 Å². The van der Waals surface area contributed by atoms with Gasteiger partial charge < -0.3 is 14.2 Å². The number of hydrogen-bond donors (Lipinski definition) is 0. The Labute approximate surface area is 187 Å². The number of methoxy groups -OCH3 is 1. The van der Waals surface area contributed by atoms with Crippen LogP contribution < -0.4 is 9.47 Å². The first-order valence-electron chi connectivity index (χ1n) is 10.2. The third kappa shape index (κ3) is 4.93. The predicted octanol–water partition coefficient (Wildman–Crippen LogP) is 4.00. The lowest BCUT2D eigenvalue weighted by Crippen LogP contribution is -2.39. The Morgan fingerprint density at radius 2 is 1.75 bits per heavy atom. The van der Waals surface area contributed by atoms with Crippen molar-refractivity contribution < 1.29 is 27.0 Å². The van der Waals surface area contributed by atoms with Gasteiger partial charge in [0, 0.05) is 6.54 Å². The van der Waals surface area contributed by atoms with Crippen molar-refractivity contribution in [1.82, 2.24) is 4.31 Å². The molecule has 3 aromatic rings. The van der Waals surface area contributed by atoms with Crippen molar-refractivity contribution in [2.24, 2.45) is 0 Å². The van der Waals surface area contributed by atoms with Gasteiger partial charge in [-0.1, -0.05) is 48.5 Å². The Balaban J connectivity index is 1.58. The lowest BCUT2D eigenvalue weighted by molar-refractivity contribution is 0.0334. The molecule has 0 fully saturated rings. The van der Waals surface area contributed by atoms with Crippen molar-refractivity contribution in [1.29, 1.82) is 0 Å². The number of halogens is 1. The molecule has 0 aliphatic carbocycles. The standard InChI is InChI=1S/C24H24FNO5S/c1-29-20-12-10-18(11-13-20)14-26-15-21(17-30-16-19-6-3-2-4-7-19)31-23-9-5-8-22(25)24(23)32(26,27)28/h2-13,21H,14-17H2,1H3/t21-/m1/s1. The van der Waals surface area contributed by atoms with Gasteiger partial charge in [-0.05, 0) is 35.4 Å². The van der Waals surface area contributed by atoms with Crippen molar-refractivity contribution >= 4 is 10.0 Å². The van der Waals surface area contributed by atoms with E-state index in [1.807, 2.05) is 30.3 Å². The summed E-state index contributed by atoms with van der Waals surface area (Å²) < 4.78 is 59.4. The molecule has 6 nitrogen and oxygen atoms in total. The molecular weight excluding hydrogens is 433 g/mol. The number of benzene rings is 3. The van der Waals surface area contributed by atoms with Crippen LogP contribution in [0.5, 0.6) is 11.5 Å². The molecule has 168 valence electrons. The van der Waals surface area contributed by atoms with Crippen LogP contribution in [0.15, 0.2) is 77.7 Å². The molecule has 0 radical (unpaired) electrons. The predicted molar refractivity (Wildman–Crippen MR) is 118 cm³/mol. The van der Waals surface area contributed by atoms with Gasteiger partial charge in [-0.3, -0.25) is 0 Å². The number of rotatable bonds is 7. The van der Waals surface area contributed by atoms with Gasteiger partial charge in [-0.25, -0.2) is 12.8 Å². The van der Waals surface area contributed by atoms with E-state index in [0.717, 1.165) is 17.2 Å². The molecule has 0 unspecified atom stereocenters. The van der Waals surface area contributed by atoms with Gasteiger partial charge >= 0.3 is 0 Å². The summed E-state index contributed by atoms with van der Waals surface area (Å²) in [6.45, 7) is 0.608. The van der Waals surface area contributed by atoms with Crippen molar-refractivity contribution in [2.45, 2.75) is 24.2 Å².